The van der Waals surface area contributed by atoms with E-state index in [1.165, 1.54) is 0 Å². The number of benzene rings is 2. The zero-order valence-corrected chi connectivity index (χ0v) is 18.0. The monoisotopic (exact) mass is 420 g/mol. The summed E-state index contributed by atoms with van der Waals surface area (Å²) in [4.78, 5) is 19.4. The highest BCUT2D eigenvalue weighted by Gasteiger charge is 2.28. The van der Waals surface area contributed by atoms with Gasteiger partial charge in [0.15, 0.2) is 5.89 Å². The van der Waals surface area contributed by atoms with Gasteiger partial charge >= 0.3 is 0 Å². The third kappa shape index (κ3) is 5.08. The van der Waals surface area contributed by atoms with E-state index < -0.39 is 0 Å². The minimum Gasteiger partial charge on any atom is -0.497 e. The fourth-order valence-corrected chi connectivity index (χ4v) is 4.07. The lowest BCUT2D eigenvalue weighted by atomic mass is 9.97. The van der Waals surface area contributed by atoms with Gasteiger partial charge in [0.1, 0.15) is 17.3 Å². The van der Waals surface area contributed by atoms with Gasteiger partial charge in [-0.15, -0.1) is 0 Å². The number of hydrogen-bond donors (Lipinski definition) is 0. The Morgan fingerprint density at radius 3 is 2.71 bits per heavy atom. The summed E-state index contributed by atoms with van der Waals surface area (Å²) in [6.45, 7) is 1.40. The fraction of sp³-hybridized carbons (Fsp3) is 0.360. The molecule has 1 aromatic heterocycles. The molecule has 31 heavy (non-hydrogen) atoms. The number of methoxy groups -OCH3 is 2. The van der Waals surface area contributed by atoms with E-state index in [2.05, 4.69) is 4.98 Å². The summed E-state index contributed by atoms with van der Waals surface area (Å²) in [6.07, 6.45) is 4.74. The van der Waals surface area contributed by atoms with Crippen molar-refractivity contribution >= 4 is 5.91 Å². The zero-order valence-electron chi connectivity index (χ0n) is 18.0. The van der Waals surface area contributed by atoms with Crippen LogP contribution in [0.2, 0.25) is 0 Å². The van der Waals surface area contributed by atoms with Crippen molar-refractivity contribution < 1.29 is 18.7 Å². The van der Waals surface area contributed by atoms with Crippen molar-refractivity contribution in [2.24, 2.45) is 0 Å². The third-order valence-electron chi connectivity index (χ3n) is 5.77. The summed E-state index contributed by atoms with van der Waals surface area (Å²) in [7, 11) is 3.29. The number of likely N-dealkylation sites (tertiary alicyclic amines) is 1. The van der Waals surface area contributed by atoms with Gasteiger partial charge in [-0.1, -0.05) is 30.3 Å². The maximum Gasteiger partial charge on any atom is 0.227 e. The van der Waals surface area contributed by atoms with E-state index in [-0.39, 0.29) is 11.8 Å². The zero-order chi connectivity index (χ0) is 21.6. The topological polar surface area (TPSA) is 64.8 Å². The highest BCUT2D eigenvalue weighted by Crippen LogP contribution is 2.28. The molecule has 1 fully saturated rings. The number of para-hydroxylation sites is 1. The largest absolute Gasteiger partial charge is 0.497 e. The number of nitrogens with zero attached hydrogens (tertiary/aromatic N) is 2. The molecule has 2 aromatic carbocycles. The Balaban J connectivity index is 1.38. The molecular formula is C25H28N2O4. The molecule has 6 nitrogen and oxygen atoms in total. The van der Waals surface area contributed by atoms with Gasteiger partial charge in [-0.2, -0.15) is 0 Å². The first kappa shape index (κ1) is 21.0. The number of amides is 1. The summed E-state index contributed by atoms with van der Waals surface area (Å²) >= 11 is 0. The molecule has 0 spiro atoms. The number of carbonyl (C=O) groups is 1. The minimum absolute atomic E-state index is 0.110. The van der Waals surface area contributed by atoms with Crippen LogP contribution in [0.15, 0.2) is 59.1 Å². The van der Waals surface area contributed by atoms with Crippen LogP contribution in [-0.2, 0) is 17.6 Å². The lowest BCUT2D eigenvalue weighted by Gasteiger charge is -2.31. The molecule has 0 bridgehead atoms. The van der Waals surface area contributed by atoms with Gasteiger partial charge in [-0.25, -0.2) is 4.98 Å². The van der Waals surface area contributed by atoms with E-state index in [9.17, 15) is 4.79 Å². The van der Waals surface area contributed by atoms with Gasteiger partial charge < -0.3 is 18.8 Å². The van der Waals surface area contributed by atoms with Gasteiger partial charge in [-0.3, -0.25) is 4.79 Å². The van der Waals surface area contributed by atoms with Crippen molar-refractivity contribution in [1.29, 1.82) is 0 Å². The van der Waals surface area contributed by atoms with Crippen molar-refractivity contribution in [3.05, 3.63) is 77.5 Å². The van der Waals surface area contributed by atoms with E-state index in [0.717, 1.165) is 53.7 Å². The van der Waals surface area contributed by atoms with Crippen LogP contribution in [0.1, 0.15) is 41.5 Å². The van der Waals surface area contributed by atoms with Crippen molar-refractivity contribution in [3.8, 4) is 11.5 Å². The Morgan fingerprint density at radius 1 is 1.13 bits per heavy atom. The maximum absolute atomic E-state index is 12.9. The molecule has 3 aromatic rings. The van der Waals surface area contributed by atoms with Crippen LogP contribution in [0, 0.1) is 0 Å². The third-order valence-corrected chi connectivity index (χ3v) is 5.77. The molecule has 1 amide bonds. The van der Waals surface area contributed by atoms with Crippen molar-refractivity contribution in [2.75, 3.05) is 27.3 Å². The van der Waals surface area contributed by atoms with Crippen molar-refractivity contribution in [3.63, 3.8) is 0 Å². The lowest BCUT2D eigenvalue weighted by molar-refractivity contribution is -0.131. The van der Waals surface area contributed by atoms with E-state index >= 15 is 0 Å². The standard InChI is InChI=1S/C25H28N2O4/c1-29-21-11-9-18(10-12-21)14-22-16-26-25(31-22)20-7-5-13-27(17-20)24(28)15-19-6-3-4-8-23(19)30-2/h3-4,6,8-12,16,20H,5,7,13-15,17H2,1-2H3/t20-/m1/s1. The summed E-state index contributed by atoms with van der Waals surface area (Å²) in [5.74, 6) is 3.37. The van der Waals surface area contributed by atoms with Gasteiger partial charge in [0.2, 0.25) is 5.91 Å². The van der Waals surface area contributed by atoms with Crippen LogP contribution in [0.25, 0.3) is 0 Å². The SMILES string of the molecule is COc1ccc(Cc2cnc([C@@H]3CCCN(C(=O)Cc4ccccc4OC)C3)o2)cc1. The second-order valence-corrected chi connectivity index (χ2v) is 7.86. The summed E-state index contributed by atoms with van der Waals surface area (Å²) < 4.78 is 16.7. The summed E-state index contributed by atoms with van der Waals surface area (Å²) in [5, 5.41) is 0. The summed E-state index contributed by atoms with van der Waals surface area (Å²) in [5.41, 5.74) is 2.05. The van der Waals surface area contributed by atoms with Crippen LogP contribution < -0.4 is 9.47 Å². The van der Waals surface area contributed by atoms with E-state index in [1.807, 2.05) is 53.4 Å². The summed E-state index contributed by atoms with van der Waals surface area (Å²) in [6, 6.07) is 15.6. The van der Waals surface area contributed by atoms with Crippen molar-refractivity contribution in [1.82, 2.24) is 9.88 Å². The Morgan fingerprint density at radius 2 is 1.94 bits per heavy atom. The van der Waals surface area contributed by atoms with Crippen LogP contribution in [0.4, 0.5) is 0 Å². The normalized spacial score (nSPS) is 16.2. The predicted molar refractivity (Wildman–Crippen MR) is 118 cm³/mol. The molecule has 0 unspecified atom stereocenters. The van der Waals surface area contributed by atoms with Crippen LogP contribution in [-0.4, -0.2) is 43.1 Å². The molecule has 0 aliphatic carbocycles. The molecule has 162 valence electrons. The Bertz CT molecular complexity index is 1010. The number of aromatic nitrogens is 1. The molecule has 4 rings (SSSR count). The first-order chi connectivity index (χ1) is 15.2. The minimum atomic E-state index is 0.110. The van der Waals surface area contributed by atoms with E-state index in [4.69, 9.17) is 13.9 Å². The molecule has 1 saturated heterocycles. The van der Waals surface area contributed by atoms with Crippen LogP contribution in [0.5, 0.6) is 11.5 Å². The van der Waals surface area contributed by atoms with E-state index in [1.54, 1.807) is 20.4 Å². The second kappa shape index (κ2) is 9.69. The Hall–Kier alpha value is -3.28. The van der Waals surface area contributed by atoms with Gasteiger partial charge in [-0.05, 0) is 36.6 Å². The lowest BCUT2D eigenvalue weighted by Crippen LogP contribution is -2.40. The van der Waals surface area contributed by atoms with Crippen LogP contribution >= 0.6 is 0 Å². The second-order valence-electron chi connectivity index (χ2n) is 7.86. The number of rotatable bonds is 7. The number of ether oxygens (including phenoxy) is 2. The molecule has 1 atom stereocenters. The maximum atomic E-state index is 12.9. The Kier molecular flexibility index (Phi) is 6.55. The quantitative estimate of drug-likeness (QED) is 0.572. The molecule has 2 heterocycles. The first-order valence-electron chi connectivity index (χ1n) is 10.6. The smallest absolute Gasteiger partial charge is 0.227 e. The average Bonchev–Trinajstić information content (AvgIpc) is 3.28. The average molecular weight is 421 g/mol. The molecule has 6 heteroatoms. The fourth-order valence-electron chi connectivity index (χ4n) is 4.07. The molecule has 0 saturated carbocycles. The Labute approximate surface area is 182 Å². The molecular weight excluding hydrogens is 392 g/mol. The molecule has 0 radical (unpaired) electrons. The first-order valence-corrected chi connectivity index (χ1v) is 10.6. The predicted octanol–water partition coefficient (Wildman–Crippen LogP) is 4.23. The molecule has 1 aliphatic heterocycles. The highest BCUT2D eigenvalue weighted by molar-refractivity contribution is 5.79. The van der Waals surface area contributed by atoms with E-state index in [0.29, 0.717) is 19.4 Å². The highest BCUT2D eigenvalue weighted by atomic mass is 16.5. The van der Waals surface area contributed by atoms with Gasteiger partial charge in [0.25, 0.3) is 0 Å². The van der Waals surface area contributed by atoms with Crippen LogP contribution in [0.3, 0.4) is 0 Å². The number of oxazole rings is 1. The van der Waals surface area contributed by atoms with Gasteiger partial charge in [0.05, 0.1) is 32.8 Å². The number of piperidine rings is 1. The number of hydrogen-bond acceptors (Lipinski definition) is 5. The van der Waals surface area contributed by atoms with Gasteiger partial charge in [0, 0.05) is 25.1 Å². The van der Waals surface area contributed by atoms with Crippen molar-refractivity contribution in [2.45, 2.75) is 31.6 Å². The molecule has 1 aliphatic rings. The molecule has 0 N–H and O–H groups in total. The number of carbonyl (C=O) groups excluding carboxylic acids is 1.